The van der Waals surface area contributed by atoms with Gasteiger partial charge in [-0.3, -0.25) is 0 Å². The second-order valence-electron chi connectivity index (χ2n) is 6.09. The van der Waals surface area contributed by atoms with Gasteiger partial charge in [0.2, 0.25) is 0 Å². The summed E-state index contributed by atoms with van der Waals surface area (Å²) in [6, 6.07) is 1.31. The molecule has 0 radical (unpaired) electrons. The molecular weight excluding hydrogens is 592 g/mol. The summed E-state index contributed by atoms with van der Waals surface area (Å²) in [5.74, 6) is 0. The molecule has 0 saturated heterocycles. The standard InChI is InChI=1S/C17H40N4.CH4.4BrH/c1-5-16(3)20-14-8-12-18-10-7-11-19-13-9-15-21-17(4)6-2;;;;;/h16-21H,5-15H2,1-4H3;1H4;4*1H. The highest BCUT2D eigenvalue weighted by Crippen LogP contribution is 1.88. The van der Waals surface area contributed by atoms with E-state index in [0.717, 1.165) is 39.3 Å². The van der Waals surface area contributed by atoms with E-state index in [4.69, 9.17) is 0 Å². The molecule has 0 amide bonds. The average molecular weight is 640 g/mol. The fourth-order valence-electron chi connectivity index (χ4n) is 2.00. The summed E-state index contributed by atoms with van der Waals surface area (Å²) >= 11 is 0. The fraction of sp³-hybridized carbons (Fsp3) is 1.00. The molecule has 0 aliphatic heterocycles. The van der Waals surface area contributed by atoms with Gasteiger partial charge in [0.05, 0.1) is 0 Å². The number of nitrogens with one attached hydrogen (secondary N) is 4. The first kappa shape index (κ1) is 42.0. The van der Waals surface area contributed by atoms with Crippen molar-refractivity contribution >= 4 is 67.9 Å². The molecule has 168 valence electrons. The van der Waals surface area contributed by atoms with Crippen LogP contribution < -0.4 is 21.3 Å². The minimum Gasteiger partial charge on any atom is -0.317 e. The van der Waals surface area contributed by atoms with Crippen molar-refractivity contribution in [3.05, 3.63) is 0 Å². The van der Waals surface area contributed by atoms with Crippen LogP contribution >= 0.6 is 67.9 Å². The summed E-state index contributed by atoms with van der Waals surface area (Å²) in [5, 5.41) is 14.1. The van der Waals surface area contributed by atoms with Gasteiger partial charge in [0.25, 0.3) is 0 Å². The Morgan fingerprint density at radius 2 is 0.808 bits per heavy atom. The van der Waals surface area contributed by atoms with Crippen LogP contribution in [0.5, 0.6) is 0 Å². The van der Waals surface area contributed by atoms with Gasteiger partial charge < -0.3 is 21.3 Å². The Hall–Kier alpha value is 1.76. The van der Waals surface area contributed by atoms with Crippen molar-refractivity contribution < 1.29 is 0 Å². The van der Waals surface area contributed by atoms with Crippen molar-refractivity contribution in [2.24, 2.45) is 0 Å². The zero-order valence-corrected chi connectivity index (χ0v) is 23.4. The summed E-state index contributed by atoms with van der Waals surface area (Å²) in [7, 11) is 0. The molecule has 0 aromatic carbocycles. The minimum atomic E-state index is 0. The molecule has 0 aliphatic carbocycles. The lowest BCUT2D eigenvalue weighted by atomic mass is 10.2. The molecule has 0 rings (SSSR count). The van der Waals surface area contributed by atoms with Gasteiger partial charge >= 0.3 is 0 Å². The van der Waals surface area contributed by atoms with Crippen LogP contribution in [0, 0.1) is 0 Å². The summed E-state index contributed by atoms with van der Waals surface area (Å²) < 4.78 is 0. The lowest BCUT2D eigenvalue weighted by molar-refractivity contribution is 0.500. The fourth-order valence-corrected chi connectivity index (χ4v) is 2.00. The van der Waals surface area contributed by atoms with E-state index >= 15 is 0 Å². The van der Waals surface area contributed by atoms with Crippen molar-refractivity contribution in [1.82, 2.24) is 21.3 Å². The van der Waals surface area contributed by atoms with Crippen LogP contribution in [0.4, 0.5) is 0 Å². The molecule has 0 bridgehead atoms. The van der Waals surface area contributed by atoms with Crippen LogP contribution in [0.15, 0.2) is 0 Å². The van der Waals surface area contributed by atoms with Crippen LogP contribution in [-0.4, -0.2) is 51.4 Å². The smallest absolute Gasteiger partial charge is 0.00361 e. The molecule has 0 aliphatic rings. The predicted octanol–water partition coefficient (Wildman–Crippen LogP) is 5.06. The summed E-state index contributed by atoms with van der Waals surface area (Å²) in [4.78, 5) is 0. The van der Waals surface area contributed by atoms with E-state index in [2.05, 4.69) is 49.0 Å². The molecule has 2 atom stereocenters. The molecule has 8 heteroatoms. The van der Waals surface area contributed by atoms with Crippen molar-refractivity contribution in [1.29, 1.82) is 0 Å². The number of halogens is 4. The molecule has 26 heavy (non-hydrogen) atoms. The molecule has 4 N–H and O–H groups in total. The molecule has 2 unspecified atom stereocenters. The van der Waals surface area contributed by atoms with Crippen LogP contribution in [0.2, 0.25) is 0 Å². The summed E-state index contributed by atoms with van der Waals surface area (Å²) in [6.07, 6.45) is 6.09. The zero-order valence-electron chi connectivity index (χ0n) is 16.6. The van der Waals surface area contributed by atoms with Gasteiger partial charge in [-0.2, -0.15) is 0 Å². The maximum atomic E-state index is 3.52. The Morgan fingerprint density at radius 1 is 0.538 bits per heavy atom. The SMILES string of the molecule is Br.Br.Br.Br.C.CCC(C)NCCCNCCCNCCCNC(C)CC. The molecule has 0 spiro atoms. The lowest BCUT2D eigenvalue weighted by Gasteiger charge is -2.12. The van der Waals surface area contributed by atoms with E-state index in [1.807, 2.05) is 0 Å². The molecule has 0 aromatic rings. The topological polar surface area (TPSA) is 48.1 Å². The molecule has 0 aromatic heterocycles. The maximum absolute atomic E-state index is 3.52. The second kappa shape index (κ2) is 34.3. The van der Waals surface area contributed by atoms with E-state index in [-0.39, 0.29) is 75.4 Å². The van der Waals surface area contributed by atoms with Gasteiger partial charge in [-0.05, 0) is 85.2 Å². The molecule has 0 saturated carbocycles. The van der Waals surface area contributed by atoms with Gasteiger partial charge in [0.15, 0.2) is 0 Å². The number of hydrogen-bond donors (Lipinski definition) is 4. The predicted molar refractivity (Wildman–Crippen MR) is 143 cm³/mol. The van der Waals surface area contributed by atoms with Gasteiger partial charge in [-0.15, -0.1) is 67.9 Å². The van der Waals surface area contributed by atoms with Crippen LogP contribution in [0.25, 0.3) is 0 Å². The normalized spacial score (nSPS) is 11.5. The Kier molecular flexibility index (Phi) is 55.4. The van der Waals surface area contributed by atoms with Crippen LogP contribution in [0.1, 0.15) is 67.2 Å². The summed E-state index contributed by atoms with van der Waals surface area (Å²) in [6.45, 7) is 15.7. The maximum Gasteiger partial charge on any atom is 0.00361 e. The first-order valence-corrected chi connectivity index (χ1v) is 9.08. The molecular formula is C18H48Br4N4. The minimum absolute atomic E-state index is 0. The van der Waals surface area contributed by atoms with Crippen molar-refractivity contribution in [3.8, 4) is 0 Å². The largest absolute Gasteiger partial charge is 0.317 e. The molecule has 0 heterocycles. The van der Waals surface area contributed by atoms with Gasteiger partial charge in [-0.25, -0.2) is 0 Å². The Bertz CT molecular complexity index is 196. The second-order valence-corrected chi connectivity index (χ2v) is 6.09. The van der Waals surface area contributed by atoms with E-state index < -0.39 is 0 Å². The number of rotatable bonds is 16. The first-order chi connectivity index (χ1) is 10.2. The quantitative estimate of drug-likeness (QED) is 0.179. The zero-order chi connectivity index (χ0) is 15.8. The third-order valence-corrected chi connectivity index (χ3v) is 3.98. The van der Waals surface area contributed by atoms with Crippen LogP contribution in [-0.2, 0) is 0 Å². The third-order valence-electron chi connectivity index (χ3n) is 3.98. The Balaban J connectivity index is -0.000000200. The Labute approximate surface area is 206 Å². The Morgan fingerprint density at radius 3 is 1.08 bits per heavy atom. The van der Waals surface area contributed by atoms with Gasteiger partial charge in [-0.1, -0.05) is 21.3 Å². The highest BCUT2D eigenvalue weighted by atomic mass is 79.9. The van der Waals surface area contributed by atoms with Gasteiger partial charge in [0, 0.05) is 12.1 Å². The lowest BCUT2D eigenvalue weighted by Crippen LogP contribution is -2.30. The van der Waals surface area contributed by atoms with Gasteiger partial charge in [0.1, 0.15) is 0 Å². The van der Waals surface area contributed by atoms with Crippen molar-refractivity contribution in [2.45, 2.75) is 79.3 Å². The first-order valence-electron chi connectivity index (χ1n) is 9.08. The van der Waals surface area contributed by atoms with Crippen molar-refractivity contribution in [2.75, 3.05) is 39.3 Å². The third kappa shape index (κ3) is 33.4. The number of hydrogen-bond acceptors (Lipinski definition) is 4. The molecule has 0 fully saturated rings. The van der Waals surface area contributed by atoms with E-state index in [0.29, 0.717) is 12.1 Å². The highest BCUT2D eigenvalue weighted by Gasteiger charge is 1.97. The van der Waals surface area contributed by atoms with Crippen LogP contribution in [0.3, 0.4) is 0 Å². The monoisotopic (exact) mass is 636 g/mol. The molecule has 4 nitrogen and oxygen atoms in total. The summed E-state index contributed by atoms with van der Waals surface area (Å²) in [5.41, 5.74) is 0. The highest BCUT2D eigenvalue weighted by molar-refractivity contribution is 8.93. The average Bonchev–Trinajstić information content (AvgIpc) is 2.51. The van der Waals surface area contributed by atoms with Crippen molar-refractivity contribution in [3.63, 3.8) is 0 Å². The van der Waals surface area contributed by atoms with E-state index in [1.54, 1.807) is 0 Å². The van der Waals surface area contributed by atoms with E-state index in [1.165, 1.54) is 32.1 Å². The van der Waals surface area contributed by atoms with E-state index in [9.17, 15) is 0 Å².